The van der Waals surface area contributed by atoms with Crippen LogP contribution < -0.4 is 15.6 Å². The molecular weight excluding hydrogens is 344 g/mol. The van der Waals surface area contributed by atoms with Crippen molar-refractivity contribution in [2.75, 3.05) is 45.7 Å². The van der Waals surface area contributed by atoms with Gasteiger partial charge in [-0.1, -0.05) is 18.2 Å². The second-order valence-electron chi connectivity index (χ2n) is 6.91. The number of fused-ring (bicyclic) bond motifs is 1. The van der Waals surface area contributed by atoms with Crippen molar-refractivity contribution in [2.45, 2.75) is 13.1 Å². The molecule has 0 spiro atoms. The first-order chi connectivity index (χ1) is 13.1. The van der Waals surface area contributed by atoms with Crippen LogP contribution in [0, 0.1) is 6.92 Å². The predicted molar refractivity (Wildman–Crippen MR) is 104 cm³/mol. The predicted octanol–water partition coefficient (Wildman–Crippen LogP) is 1.14. The number of piperazine rings is 1. The number of likely N-dealkylation sites (N-methyl/N-ethyl adjacent to an activating group) is 1. The number of aryl methyl sites for hydroxylation is 1. The summed E-state index contributed by atoms with van der Waals surface area (Å²) in [6.45, 7) is 5.50. The SMILES string of the molecule is COc1ccccc1[C@@H]1N=C(N2CCN(C)CC2)Nc2nc(C)cc(=O)n21. The minimum Gasteiger partial charge on any atom is -0.496 e. The number of guanidine groups is 1. The molecule has 2 aliphatic rings. The average Bonchev–Trinajstić information content (AvgIpc) is 2.67. The summed E-state index contributed by atoms with van der Waals surface area (Å²) in [6, 6.07) is 9.19. The normalized spacial score (nSPS) is 19.9. The third-order valence-electron chi connectivity index (χ3n) is 5.01. The van der Waals surface area contributed by atoms with Crippen molar-refractivity contribution < 1.29 is 4.74 Å². The highest BCUT2D eigenvalue weighted by molar-refractivity contribution is 5.93. The zero-order valence-corrected chi connectivity index (χ0v) is 15.8. The molecule has 1 N–H and O–H groups in total. The Bertz CT molecular complexity index is 930. The molecule has 142 valence electrons. The third kappa shape index (κ3) is 3.28. The highest BCUT2D eigenvalue weighted by Gasteiger charge is 2.30. The van der Waals surface area contributed by atoms with Gasteiger partial charge in [0.2, 0.25) is 11.9 Å². The van der Waals surface area contributed by atoms with Gasteiger partial charge in [-0.25, -0.2) is 9.98 Å². The van der Waals surface area contributed by atoms with Crippen LogP contribution >= 0.6 is 0 Å². The van der Waals surface area contributed by atoms with E-state index in [4.69, 9.17) is 9.73 Å². The Balaban J connectivity index is 1.82. The van der Waals surface area contributed by atoms with Gasteiger partial charge in [-0.2, -0.15) is 0 Å². The highest BCUT2D eigenvalue weighted by Crippen LogP contribution is 2.32. The van der Waals surface area contributed by atoms with Crippen LogP contribution in [0.3, 0.4) is 0 Å². The van der Waals surface area contributed by atoms with E-state index in [9.17, 15) is 4.79 Å². The van der Waals surface area contributed by atoms with Gasteiger partial charge in [0.05, 0.1) is 7.11 Å². The van der Waals surface area contributed by atoms with Crippen LogP contribution in [0.4, 0.5) is 5.95 Å². The topological polar surface area (TPSA) is 75.0 Å². The van der Waals surface area contributed by atoms with Crippen molar-refractivity contribution in [3.8, 4) is 5.75 Å². The Labute approximate surface area is 158 Å². The van der Waals surface area contributed by atoms with Crippen LogP contribution in [0.15, 0.2) is 40.1 Å². The Hall–Kier alpha value is -2.87. The summed E-state index contributed by atoms with van der Waals surface area (Å²) in [7, 11) is 3.74. The lowest BCUT2D eigenvalue weighted by Crippen LogP contribution is -2.51. The Morgan fingerprint density at radius 1 is 1.19 bits per heavy atom. The van der Waals surface area contributed by atoms with E-state index in [1.165, 1.54) is 6.07 Å². The van der Waals surface area contributed by atoms with Crippen molar-refractivity contribution >= 4 is 11.9 Å². The molecule has 0 amide bonds. The van der Waals surface area contributed by atoms with Crippen molar-refractivity contribution in [1.82, 2.24) is 19.4 Å². The van der Waals surface area contributed by atoms with Crippen LogP contribution in [-0.4, -0.2) is 65.6 Å². The molecule has 1 atom stereocenters. The molecule has 2 aromatic rings. The second kappa shape index (κ2) is 7.03. The van der Waals surface area contributed by atoms with Gasteiger partial charge in [-0.05, 0) is 20.0 Å². The first-order valence-electron chi connectivity index (χ1n) is 9.08. The molecule has 27 heavy (non-hydrogen) atoms. The number of anilines is 1. The van der Waals surface area contributed by atoms with Gasteiger partial charge in [0, 0.05) is 43.5 Å². The minimum absolute atomic E-state index is 0.137. The lowest BCUT2D eigenvalue weighted by molar-refractivity contribution is 0.213. The molecule has 0 unspecified atom stereocenters. The number of methoxy groups -OCH3 is 1. The number of ether oxygens (including phenoxy) is 1. The van der Waals surface area contributed by atoms with Gasteiger partial charge >= 0.3 is 0 Å². The van der Waals surface area contributed by atoms with E-state index in [1.807, 2.05) is 31.2 Å². The molecule has 1 saturated heterocycles. The lowest BCUT2D eigenvalue weighted by atomic mass is 10.1. The minimum atomic E-state index is -0.521. The van der Waals surface area contributed by atoms with E-state index in [0.717, 1.165) is 37.7 Å². The number of para-hydroxylation sites is 1. The van der Waals surface area contributed by atoms with E-state index in [-0.39, 0.29) is 5.56 Å². The largest absolute Gasteiger partial charge is 0.496 e. The molecule has 1 fully saturated rings. The third-order valence-corrected chi connectivity index (χ3v) is 5.01. The quantitative estimate of drug-likeness (QED) is 0.857. The molecule has 8 nitrogen and oxygen atoms in total. The molecular formula is C19H24N6O2. The number of nitrogens with zero attached hydrogens (tertiary/aromatic N) is 5. The van der Waals surface area contributed by atoms with Crippen LogP contribution in [-0.2, 0) is 0 Å². The van der Waals surface area contributed by atoms with Crippen LogP contribution in [0.5, 0.6) is 5.75 Å². The highest BCUT2D eigenvalue weighted by atomic mass is 16.5. The van der Waals surface area contributed by atoms with Crippen molar-refractivity contribution in [1.29, 1.82) is 0 Å². The molecule has 0 aliphatic carbocycles. The average molecular weight is 368 g/mol. The van der Waals surface area contributed by atoms with Gasteiger partial charge in [-0.3, -0.25) is 14.7 Å². The molecule has 3 heterocycles. The molecule has 0 radical (unpaired) electrons. The van der Waals surface area contributed by atoms with E-state index >= 15 is 0 Å². The summed E-state index contributed by atoms with van der Waals surface area (Å²) in [5.41, 5.74) is 1.38. The Morgan fingerprint density at radius 3 is 2.67 bits per heavy atom. The molecule has 0 saturated carbocycles. The summed E-state index contributed by atoms with van der Waals surface area (Å²) in [5, 5.41) is 3.27. The second-order valence-corrected chi connectivity index (χ2v) is 6.91. The van der Waals surface area contributed by atoms with Gasteiger partial charge in [0.1, 0.15) is 5.75 Å². The number of aliphatic imine (C=N–C) groups is 1. The standard InChI is InChI=1S/C19H24N6O2/c1-13-12-16(26)25-17(14-6-4-5-7-15(14)27-3)21-18(22-19(25)20-13)24-10-8-23(2)9-11-24/h4-7,12,17H,8-11H2,1-3H3,(H,20,21,22)/t17-/m1/s1. The Morgan fingerprint density at radius 2 is 1.93 bits per heavy atom. The van der Waals surface area contributed by atoms with Gasteiger partial charge in [-0.15, -0.1) is 0 Å². The molecule has 1 aromatic heterocycles. The lowest BCUT2D eigenvalue weighted by Gasteiger charge is -2.37. The summed E-state index contributed by atoms with van der Waals surface area (Å²) < 4.78 is 7.11. The fourth-order valence-corrected chi connectivity index (χ4v) is 3.50. The number of nitrogens with one attached hydrogen (secondary N) is 1. The number of hydrogen-bond donors (Lipinski definition) is 1. The summed E-state index contributed by atoms with van der Waals surface area (Å²) in [6.07, 6.45) is -0.521. The van der Waals surface area contributed by atoms with E-state index < -0.39 is 6.17 Å². The maximum Gasteiger partial charge on any atom is 0.257 e. The molecule has 2 aliphatic heterocycles. The van der Waals surface area contributed by atoms with Crippen LogP contribution in [0.25, 0.3) is 0 Å². The molecule has 8 heteroatoms. The zero-order valence-electron chi connectivity index (χ0n) is 15.8. The number of rotatable bonds is 2. The van der Waals surface area contributed by atoms with E-state index in [1.54, 1.807) is 11.7 Å². The summed E-state index contributed by atoms with van der Waals surface area (Å²) >= 11 is 0. The molecule has 0 bridgehead atoms. The first kappa shape index (κ1) is 17.5. The smallest absolute Gasteiger partial charge is 0.257 e. The fraction of sp³-hybridized carbons (Fsp3) is 0.421. The van der Waals surface area contributed by atoms with Crippen molar-refractivity contribution in [2.24, 2.45) is 4.99 Å². The van der Waals surface area contributed by atoms with Crippen molar-refractivity contribution in [3.05, 3.63) is 51.9 Å². The number of benzene rings is 1. The maximum absolute atomic E-state index is 12.7. The summed E-state index contributed by atoms with van der Waals surface area (Å²) in [5.74, 6) is 1.96. The first-order valence-corrected chi connectivity index (χ1v) is 9.08. The van der Waals surface area contributed by atoms with E-state index in [0.29, 0.717) is 17.4 Å². The number of aromatic nitrogens is 2. The summed E-state index contributed by atoms with van der Waals surface area (Å²) in [4.78, 5) is 26.7. The molecule has 1 aromatic carbocycles. The molecule has 4 rings (SSSR count). The monoisotopic (exact) mass is 368 g/mol. The van der Waals surface area contributed by atoms with E-state index in [2.05, 4.69) is 27.1 Å². The maximum atomic E-state index is 12.7. The zero-order chi connectivity index (χ0) is 19.0. The number of hydrogen-bond acceptors (Lipinski definition) is 7. The van der Waals surface area contributed by atoms with Crippen molar-refractivity contribution in [3.63, 3.8) is 0 Å². The van der Waals surface area contributed by atoms with Gasteiger partial charge in [0.25, 0.3) is 5.56 Å². The Kier molecular flexibility index (Phi) is 4.57. The van der Waals surface area contributed by atoms with Crippen LogP contribution in [0.1, 0.15) is 17.4 Å². The van der Waals surface area contributed by atoms with Crippen LogP contribution in [0.2, 0.25) is 0 Å². The van der Waals surface area contributed by atoms with Gasteiger partial charge in [0.15, 0.2) is 6.17 Å². The fourth-order valence-electron chi connectivity index (χ4n) is 3.50. The van der Waals surface area contributed by atoms with Gasteiger partial charge < -0.3 is 14.5 Å².